The summed E-state index contributed by atoms with van der Waals surface area (Å²) in [5.41, 5.74) is 2.11. The van der Waals surface area contributed by atoms with Gasteiger partial charge >= 0.3 is 0 Å². The van der Waals surface area contributed by atoms with E-state index in [1.807, 2.05) is 25.1 Å². The maximum absolute atomic E-state index is 13.0. The fourth-order valence-corrected chi connectivity index (χ4v) is 2.48. The second-order valence-electron chi connectivity index (χ2n) is 4.54. The van der Waals surface area contributed by atoms with Crippen molar-refractivity contribution in [2.75, 3.05) is 0 Å². The lowest BCUT2D eigenvalue weighted by Crippen LogP contribution is -1.86. The third-order valence-corrected chi connectivity index (χ3v) is 3.54. The molecule has 106 valence electrons. The molecule has 0 bridgehead atoms. The molecule has 0 fully saturated rings. The second kappa shape index (κ2) is 5.29. The minimum absolute atomic E-state index is 0.143. The molecule has 1 N–H and O–H groups in total. The molecule has 0 aliphatic heterocycles. The van der Waals surface area contributed by atoms with Gasteiger partial charge in [0.15, 0.2) is 0 Å². The predicted octanol–water partition coefficient (Wildman–Crippen LogP) is 4.32. The Morgan fingerprint density at radius 3 is 2.62 bits per heavy atom. The van der Waals surface area contributed by atoms with E-state index >= 15 is 0 Å². The van der Waals surface area contributed by atoms with Crippen molar-refractivity contribution in [2.24, 2.45) is 0 Å². The Balaban J connectivity index is 2.03. The van der Waals surface area contributed by atoms with Crippen LogP contribution in [-0.4, -0.2) is 15.2 Å². The Hall–Kier alpha value is -2.21. The Kier molecular flexibility index (Phi) is 3.47. The van der Waals surface area contributed by atoms with Crippen LogP contribution in [0.2, 0.25) is 0 Å². The molecule has 0 radical (unpaired) electrons. The van der Waals surface area contributed by atoms with Gasteiger partial charge < -0.3 is 9.63 Å². The zero-order chi connectivity index (χ0) is 15.0. The highest BCUT2D eigenvalue weighted by molar-refractivity contribution is 9.10. The molecule has 1 aromatic heterocycles. The standard InChI is InChI=1S/C15H10BrFN2O2/c1-8-6-9(16)2-4-11(8)14-18-15(21-19-14)12-5-3-10(17)7-13(12)20/h2-7,20H,1H3. The van der Waals surface area contributed by atoms with E-state index in [-0.39, 0.29) is 11.6 Å². The summed E-state index contributed by atoms with van der Waals surface area (Å²) in [6, 6.07) is 9.33. The number of rotatable bonds is 2. The molecule has 0 saturated carbocycles. The van der Waals surface area contributed by atoms with Crippen molar-refractivity contribution in [3.8, 4) is 28.6 Å². The van der Waals surface area contributed by atoms with Crippen LogP contribution in [0.5, 0.6) is 5.75 Å². The van der Waals surface area contributed by atoms with Gasteiger partial charge in [0.2, 0.25) is 5.82 Å². The number of hydrogen-bond donors (Lipinski definition) is 1. The van der Waals surface area contributed by atoms with E-state index < -0.39 is 5.82 Å². The molecule has 0 saturated heterocycles. The third kappa shape index (κ3) is 2.67. The van der Waals surface area contributed by atoms with Gasteiger partial charge in [0.1, 0.15) is 11.6 Å². The molecule has 4 nitrogen and oxygen atoms in total. The maximum Gasteiger partial charge on any atom is 0.262 e. The van der Waals surface area contributed by atoms with Gasteiger partial charge in [-0.3, -0.25) is 0 Å². The van der Waals surface area contributed by atoms with Gasteiger partial charge in [0, 0.05) is 16.1 Å². The zero-order valence-corrected chi connectivity index (χ0v) is 12.6. The molecular weight excluding hydrogens is 339 g/mol. The molecule has 3 aromatic rings. The first kappa shape index (κ1) is 13.8. The predicted molar refractivity (Wildman–Crippen MR) is 79.2 cm³/mol. The fraction of sp³-hybridized carbons (Fsp3) is 0.0667. The molecule has 6 heteroatoms. The number of phenolic OH excluding ortho intramolecular Hbond substituents is 1. The van der Waals surface area contributed by atoms with Crippen molar-refractivity contribution in [3.05, 3.63) is 52.3 Å². The Morgan fingerprint density at radius 2 is 1.90 bits per heavy atom. The number of halogens is 2. The lowest BCUT2D eigenvalue weighted by molar-refractivity contribution is 0.425. The van der Waals surface area contributed by atoms with Crippen LogP contribution in [0.1, 0.15) is 5.56 Å². The van der Waals surface area contributed by atoms with Crippen molar-refractivity contribution in [2.45, 2.75) is 6.92 Å². The zero-order valence-electron chi connectivity index (χ0n) is 11.0. The van der Waals surface area contributed by atoms with E-state index in [2.05, 4.69) is 26.1 Å². The summed E-state index contributed by atoms with van der Waals surface area (Å²) >= 11 is 3.39. The Bertz CT molecular complexity index is 751. The van der Waals surface area contributed by atoms with Gasteiger partial charge in [-0.2, -0.15) is 4.98 Å². The van der Waals surface area contributed by atoms with Gasteiger partial charge in [-0.1, -0.05) is 21.1 Å². The van der Waals surface area contributed by atoms with Gasteiger partial charge in [0.05, 0.1) is 5.56 Å². The average Bonchev–Trinajstić information content (AvgIpc) is 2.87. The molecular formula is C15H10BrFN2O2. The highest BCUT2D eigenvalue weighted by Gasteiger charge is 2.15. The van der Waals surface area contributed by atoms with E-state index in [1.54, 1.807) is 0 Å². The molecule has 0 spiro atoms. The van der Waals surface area contributed by atoms with E-state index in [0.29, 0.717) is 11.4 Å². The third-order valence-electron chi connectivity index (χ3n) is 3.05. The van der Waals surface area contributed by atoms with Gasteiger partial charge in [0.25, 0.3) is 5.89 Å². The van der Waals surface area contributed by atoms with Crippen molar-refractivity contribution >= 4 is 15.9 Å². The first-order chi connectivity index (χ1) is 10.0. The monoisotopic (exact) mass is 348 g/mol. The van der Waals surface area contributed by atoms with E-state index in [1.165, 1.54) is 12.1 Å². The Labute approximate surface area is 128 Å². The van der Waals surface area contributed by atoms with Crippen LogP contribution in [0.4, 0.5) is 4.39 Å². The molecule has 0 unspecified atom stereocenters. The minimum Gasteiger partial charge on any atom is -0.507 e. The lowest BCUT2D eigenvalue weighted by atomic mass is 10.1. The summed E-state index contributed by atoms with van der Waals surface area (Å²) < 4.78 is 19.1. The van der Waals surface area contributed by atoms with Crippen molar-refractivity contribution in [3.63, 3.8) is 0 Å². The maximum atomic E-state index is 13.0. The molecule has 3 rings (SSSR count). The molecule has 21 heavy (non-hydrogen) atoms. The highest BCUT2D eigenvalue weighted by atomic mass is 79.9. The summed E-state index contributed by atoms with van der Waals surface area (Å²) in [6.45, 7) is 1.94. The molecule has 0 amide bonds. The SMILES string of the molecule is Cc1cc(Br)ccc1-c1noc(-c2ccc(F)cc2O)n1. The van der Waals surface area contributed by atoms with Crippen LogP contribution in [0.15, 0.2) is 45.4 Å². The molecule has 0 aliphatic carbocycles. The molecule has 1 heterocycles. The van der Waals surface area contributed by atoms with E-state index in [0.717, 1.165) is 21.7 Å². The molecule has 0 aliphatic rings. The molecule has 2 aromatic carbocycles. The number of nitrogens with zero attached hydrogens (tertiary/aromatic N) is 2. The average molecular weight is 349 g/mol. The number of aromatic nitrogens is 2. The van der Waals surface area contributed by atoms with Crippen molar-refractivity contribution < 1.29 is 14.0 Å². The summed E-state index contributed by atoms with van der Waals surface area (Å²) in [5, 5.41) is 13.7. The first-order valence-corrected chi connectivity index (χ1v) is 6.93. The van der Waals surface area contributed by atoms with Crippen molar-refractivity contribution in [1.82, 2.24) is 10.1 Å². The number of aromatic hydroxyl groups is 1. The minimum atomic E-state index is -0.528. The number of phenols is 1. The van der Waals surface area contributed by atoms with Crippen LogP contribution >= 0.6 is 15.9 Å². The van der Waals surface area contributed by atoms with Crippen LogP contribution < -0.4 is 0 Å². The smallest absolute Gasteiger partial charge is 0.262 e. The highest BCUT2D eigenvalue weighted by Crippen LogP contribution is 2.31. The second-order valence-corrected chi connectivity index (χ2v) is 5.46. The molecule has 0 atom stereocenters. The normalized spacial score (nSPS) is 10.8. The topological polar surface area (TPSA) is 59.2 Å². The lowest BCUT2D eigenvalue weighted by Gasteiger charge is -2.01. The van der Waals surface area contributed by atoms with E-state index in [9.17, 15) is 9.50 Å². The summed E-state index contributed by atoms with van der Waals surface area (Å²) in [7, 11) is 0. The Morgan fingerprint density at radius 1 is 1.14 bits per heavy atom. The van der Waals surface area contributed by atoms with Gasteiger partial charge in [-0.05, 0) is 42.8 Å². The van der Waals surface area contributed by atoms with Crippen LogP contribution in [0.3, 0.4) is 0 Å². The van der Waals surface area contributed by atoms with Gasteiger partial charge in [-0.25, -0.2) is 4.39 Å². The first-order valence-electron chi connectivity index (χ1n) is 6.14. The quantitative estimate of drug-likeness (QED) is 0.749. The number of aryl methyl sites for hydroxylation is 1. The van der Waals surface area contributed by atoms with Crippen molar-refractivity contribution in [1.29, 1.82) is 0 Å². The van der Waals surface area contributed by atoms with Crippen LogP contribution in [0.25, 0.3) is 22.8 Å². The summed E-state index contributed by atoms with van der Waals surface area (Å²) in [5.74, 6) is -0.207. The van der Waals surface area contributed by atoms with Crippen LogP contribution in [0, 0.1) is 12.7 Å². The number of benzene rings is 2. The number of hydrogen-bond acceptors (Lipinski definition) is 4. The largest absolute Gasteiger partial charge is 0.507 e. The fourth-order valence-electron chi connectivity index (χ4n) is 2.01. The van der Waals surface area contributed by atoms with Crippen LogP contribution in [-0.2, 0) is 0 Å². The van der Waals surface area contributed by atoms with E-state index in [4.69, 9.17) is 4.52 Å². The van der Waals surface area contributed by atoms with Gasteiger partial charge in [-0.15, -0.1) is 0 Å². The summed E-state index contributed by atoms with van der Waals surface area (Å²) in [4.78, 5) is 4.26. The summed E-state index contributed by atoms with van der Waals surface area (Å²) in [6.07, 6.45) is 0.